The maximum Gasteiger partial charge on any atom is 0.143 e. The molecule has 2 aliphatic rings. The third-order valence-electron chi connectivity index (χ3n) is 4.18. The zero-order chi connectivity index (χ0) is 12.2. The van der Waals surface area contributed by atoms with Gasteiger partial charge in [-0.05, 0) is 59.2 Å². The van der Waals surface area contributed by atoms with Gasteiger partial charge in [-0.2, -0.15) is 0 Å². The molecule has 0 aromatic heterocycles. The van der Waals surface area contributed by atoms with Crippen molar-refractivity contribution in [3.63, 3.8) is 0 Å². The molecular formula is C13H13BrF2O. The fourth-order valence-corrected chi connectivity index (χ4v) is 3.47. The zero-order valence-electron chi connectivity index (χ0n) is 9.22. The fraction of sp³-hybridized carbons (Fsp3) is 0.538. The predicted octanol–water partition coefficient (Wildman–Crippen LogP) is 3.43. The summed E-state index contributed by atoms with van der Waals surface area (Å²) >= 11 is 3.05. The molecule has 0 bridgehead atoms. The van der Waals surface area contributed by atoms with Crippen LogP contribution < -0.4 is 0 Å². The fourth-order valence-electron chi connectivity index (χ4n) is 3.10. The molecule has 0 saturated heterocycles. The van der Waals surface area contributed by atoms with Crippen molar-refractivity contribution in [3.05, 3.63) is 33.8 Å². The average molecular weight is 303 g/mol. The van der Waals surface area contributed by atoms with E-state index in [1.54, 1.807) is 0 Å². The summed E-state index contributed by atoms with van der Waals surface area (Å²) in [6.45, 7) is 0. The van der Waals surface area contributed by atoms with Gasteiger partial charge in [-0.15, -0.1) is 0 Å². The minimum absolute atomic E-state index is 0.00873. The molecule has 3 unspecified atom stereocenters. The van der Waals surface area contributed by atoms with Crippen molar-refractivity contribution in [2.24, 2.45) is 11.8 Å². The Morgan fingerprint density at radius 3 is 2.76 bits per heavy atom. The highest BCUT2D eigenvalue weighted by Crippen LogP contribution is 2.58. The summed E-state index contributed by atoms with van der Waals surface area (Å²) in [5, 5.41) is 10.4. The number of rotatable bonds is 2. The van der Waals surface area contributed by atoms with Crippen molar-refractivity contribution in [1.82, 2.24) is 0 Å². The van der Waals surface area contributed by atoms with Gasteiger partial charge >= 0.3 is 0 Å². The minimum atomic E-state index is -0.896. The summed E-state index contributed by atoms with van der Waals surface area (Å²) in [7, 11) is 0. The zero-order valence-corrected chi connectivity index (χ0v) is 10.8. The van der Waals surface area contributed by atoms with Crippen molar-refractivity contribution in [3.8, 4) is 0 Å². The summed E-state index contributed by atoms with van der Waals surface area (Å²) in [5.41, 5.74) is -0.887. The summed E-state index contributed by atoms with van der Waals surface area (Å²) in [6, 6.07) is 2.60. The monoisotopic (exact) mass is 302 g/mol. The molecule has 1 nitrogen and oxygen atoms in total. The SMILES string of the molecule is OC1(Cc2c(F)ccc(Br)c2F)CCC2CC21. The van der Waals surface area contributed by atoms with Crippen LogP contribution >= 0.6 is 15.9 Å². The maximum atomic E-state index is 13.8. The molecule has 0 spiro atoms. The van der Waals surface area contributed by atoms with Crippen molar-refractivity contribution in [2.75, 3.05) is 0 Å². The Morgan fingerprint density at radius 1 is 1.41 bits per heavy atom. The van der Waals surface area contributed by atoms with E-state index in [1.807, 2.05) is 0 Å². The Hall–Kier alpha value is -0.480. The summed E-state index contributed by atoms with van der Waals surface area (Å²) in [5.74, 6) is -0.315. The van der Waals surface area contributed by atoms with Gasteiger partial charge in [0.25, 0.3) is 0 Å². The van der Waals surface area contributed by atoms with E-state index in [9.17, 15) is 13.9 Å². The second-order valence-electron chi connectivity index (χ2n) is 5.24. The molecule has 92 valence electrons. The van der Waals surface area contributed by atoms with Crippen molar-refractivity contribution in [2.45, 2.75) is 31.3 Å². The van der Waals surface area contributed by atoms with Crippen LogP contribution in [0.4, 0.5) is 8.78 Å². The molecule has 1 aromatic carbocycles. The molecule has 2 fully saturated rings. The Labute approximate surface area is 107 Å². The Balaban J connectivity index is 1.92. The van der Waals surface area contributed by atoms with Crippen molar-refractivity contribution < 1.29 is 13.9 Å². The van der Waals surface area contributed by atoms with E-state index in [0.717, 1.165) is 12.8 Å². The van der Waals surface area contributed by atoms with E-state index in [0.29, 0.717) is 12.3 Å². The molecule has 0 aliphatic heterocycles. The van der Waals surface area contributed by atoms with E-state index in [2.05, 4.69) is 15.9 Å². The number of benzene rings is 1. The quantitative estimate of drug-likeness (QED) is 0.830. The smallest absolute Gasteiger partial charge is 0.143 e. The summed E-state index contributed by atoms with van der Waals surface area (Å²) < 4.78 is 27.7. The Morgan fingerprint density at radius 2 is 2.18 bits per heavy atom. The first-order chi connectivity index (χ1) is 8.01. The van der Waals surface area contributed by atoms with Crippen LogP contribution in [0.5, 0.6) is 0 Å². The van der Waals surface area contributed by atoms with E-state index >= 15 is 0 Å². The van der Waals surface area contributed by atoms with Crippen LogP contribution in [-0.2, 0) is 6.42 Å². The Kier molecular flexibility index (Phi) is 2.56. The second kappa shape index (κ2) is 3.75. The molecule has 0 heterocycles. The summed E-state index contributed by atoms with van der Waals surface area (Å²) in [6.07, 6.45) is 2.74. The van der Waals surface area contributed by atoms with Gasteiger partial charge in [0, 0.05) is 12.0 Å². The minimum Gasteiger partial charge on any atom is -0.389 e. The third kappa shape index (κ3) is 1.82. The number of hydrogen-bond acceptors (Lipinski definition) is 1. The van der Waals surface area contributed by atoms with Gasteiger partial charge in [-0.1, -0.05) is 0 Å². The lowest BCUT2D eigenvalue weighted by molar-refractivity contribution is 0.0236. The highest BCUT2D eigenvalue weighted by Gasteiger charge is 2.57. The van der Waals surface area contributed by atoms with E-state index in [-0.39, 0.29) is 22.4 Å². The number of fused-ring (bicyclic) bond motifs is 1. The van der Waals surface area contributed by atoms with Gasteiger partial charge in [0.15, 0.2) is 0 Å². The lowest BCUT2D eigenvalue weighted by Gasteiger charge is -2.25. The predicted molar refractivity (Wildman–Crippen MR) is 63.5 cm³/mol. The van der Waals surface area contributed by atoms with E-state index in [4.69, 9.17) is 0 Å². The van der Waals surface area contributed by atoms with Crippen LogP contribution in [0.3, 0.4) is 0 Å². The molecular weight excluding hydrogens is 290 g/mol. The molecule has 0 amide bonds. The van der Waals surface area contributed by atoms with Crippen LogP contribution in [0.15, 0.2) is 16.6 Å². The molecule has 0 radical (unpaired) electrons. The molecule has 4 heteroatoms. The lowest BCUT2D eigenvalue weighted by atomic mass is 9.89. The van der Waals surface area contributed by atoms with Gasteiger partial charge < -0.3 is 5.11 Å². The molecule has 2 aliphatic carbocycles. The van der Waals surface area contributed by atoms with E-state index in [1.165, 1.54) is 12.1 Å². The van der Waals surface area contributed by atoms with Crippen LogP contribution in [-0.4, -0.2) is 10.7 Å². The number of aliphatic hydroxyl groups is 1. The van der Waals surface area contributed by atoms with Crippen LogP contribution in [0.2, 0.25) is 0 Å². The molecule has 1 aromatic rings. The highest BCUT2D eigenvalue weighted by molar-refractivity contribution is 9.10. The van der Waals surface area contributed by atoms with Gasteiger partial charge in [-0.25, -0.2) is 8.78 Å². The average Bonchev–Trinajstić information content (AvgIpc) is 3.02. The first-order valence-electron chi connectivity index (χ1n) is 5.86. The number of hydrogen-bond donors (Lipinski definition) is 1. The molecule has 3 rings (SSSR count). The molecule has 17 heavy (non-hydrogen) atoms. The van der Waals surface area contributed by atoms with Crippen LogP contribution in [0.25, 0.3) is 0 Å². The first-order valence-corrected chi connectivity index (χ1v) is 6.65. The normalized spacial score (nSPS) is 34.8. The highest BCUT2D eigenvalue weighted by atomic mass is 79.9. The standard InChI is InChI=1S/C13H13BrF2O/c14-10-1-2-11(15)8(12(10)16)6-13(17)4-3-7-5-9(7)13/h1-2,7,9,17H,3-6H2. The van der Waals surface area contributed by atoms with Gasteiger partial charge in [-0.3, -0.25) is 0 Å². The third-order valence-corrected chi connectivity index (χ3v) is 4.80. The van der Waals surface area contributed by atoms with Gasteiger partial charge in [0.2, 0.25) is 0 Å². The summed E-state index contributed by atoms with van der Waals surface area (Å²) in [4.78, 5) is 0. The number of halogens is 3. The molecule has 3 atom stereocenters. The van der Waals surface area contributed by atoms with Crippen molar-refractivity contribution >= 4 is 15.9 Å². The Bertz CT molecular complexity index is 477. The van der Waals surface area contributed by atoms with E-state index < -0.39 is 17.2 Å². The van der Waals surface area contributed by atoms with Crippen LogP contribution in [0, 0.1) is 23.5 Å². The van der Waals surface area contributed by atoms with Gasteiger partial charge in [0.1, 0.15) is 11.6 Å². The molecule has 2 saturated carbocycles. The topological polar surface area (TPSA) is 20.2 Å². The lowest BCUT2D eigenvalue weighted by Crippen LogP contribution is -2.32. The largest absolute Gasteiger partial charge is 0.389 e. The maximum absolute atomic E-state index is 13.8. The first kappa shape index (κ1) is 11.6. The van der Waals surface area contributed by atoms with Crippen molar-refractivity contribution in [1.29, 1.82) is 0 Å². The van der Waals surface area contributed by atoms with Gasteiger partial charge in [0.05, 0.1) is 10.1 Å². The molecule has 1 N–H and O–H groups in total. The second-order valence-corrected chi connectivity index (χ2v) is 6.10. The van der Waals surface area contributed by atoms with Crippen LogP contribution in [0.1, 0.15) is 24.8 Å².